The van der Waals surface area contributed by atoms with Gasteiger partial charge in [0, 0.05) is 0 Å². The molecule has 0 bridgehead atoms. The highest BCUT2D eigenvalue weighted by Crippen LogP contribution is 2.22. The minimum absolute atomic E-state index is 0.0686. The number of fused-ring (bicyclic) bond motifs is 1. The zero-order chi connectivity index (χ0) is 16.5. The maximum atomic E-state index is 12.8. The van der Waals surface area contributed by atoms with Gasteiger partial charge in [-0.25, -0.2) is 4.79 Å². The number of imidazole rings is 1. The van der Waals surface area contributed by atoms with Crippen LogP contribution >= 0.6 is 0 Å². The van der Waals surface area contributed by atoms with E-state index in [1.807, 2.05) is 9.13 Å². The fourth-order valence-electron chi connectivity index (χ4n) is 3.38. The lowest BCUT2D eigenvalue weighted by molar-refractivity contribution is 0.372. The van der Waals surface area contributed by atoms with Crippen LogP contribution in [-0.2, 0) is 29.0 Å². The summed E-state index contributed by atoms with van der Waals surface area (Å²) in [6.45, 7) is 5.08. The fourth-order valence-corrected chi connectivity index (χ4v) is 3.38. The second kappa shape index (κ2) is 6.73. The normalized spacial score (nSPS) is 22.2. The van der Waals surface area contributed by atoms with E-state index < -0.39 is 0 Å². The Bertz CT molecular complexity index is 769. The molecule has 2 aliphatic rings. The summed E-state index contributed by atoms with van der Waals surface area (Å²) in [5.41, 5.74) is 3.46. The molecule has 2 aliphatic heterocycles. The molecule has 2 aromatic rings. The number of aryl methyl sites for hydroxylation is 1. The maximum Gasteiger partial charge on any atom is 0.329 e. The molecule has 2 atom stereocenters. The van der Waals surface area contributed by atoms with Crippen LogP contribution in [0.1, 0.15) is 38.2 Å². The van der Waals surface area contributed by atoms with Crippen molar-refractivity contribution >= 4 is 11.0 Å². The van der Waals surface area contributed by atoms with Gasteiger partial charge in [-0.15, -0.1) is 0 Å². The maximum absolute atomic E-state index is 12.8. The molecule has 1 aromatic heterocycles. The number of hydrogen-bond donors (Lipinski definition) is 0. The highest BCUT2D eigenvalue weighted by molar-refractivity contribution is 5.77. The summed E-state index contributed by atoms with van der Waals surface area (Å²) in [5.74, 6) is 0. The lowest BCUT2D eigenvalue weighted by Gasteiger charge is -2.04. The van der Waals surface area contributed by atoms with Gasteiger partial charge in [-0.05, 0) is 30.5 Å². The minimum atomic E-state index is 0.0686. The molecule has 0 N–H and O–H groups in total. The van der Waals surface area contributed by atoms with Crippen molar-refractivity contribution in [2.24, 2.45) is 0 Å². The first-order valence-corrected chi connectivity index (χ1v) is 9.21. The van der Waals surface area contributed by atoms with Crippen LogP contribution in [0.3, 0.4) is 0 Å². The first-order chi connectivity index (χ1) is 11.8. The Labute approximate surface area is 142 Å². The summed E-state index contributed by atoms with van der Waals surface area (Å²) in [6.07, 6.45) is 6.53. The highest BCUT2D eigenvalue weighted by Gasteiger charge is 2.28. The van der Waals surface area contributed by atoms with Crippen LogP contribution in [0, 0.1) is 0 Å². The second-order valence-electron chi connectivity index (χ2n) is 7.05. The molecule has 2 unspecified atom stereocenters. The predicted octanol–water partition coefficient (Wildman–Crippen LogP) is 2.72. The average Bonchev–Trinajstić information content (AvgIpc) is 3.49. The smallest absolute Gasteiger partial charge is 0.329 e. The lowest BCUT2D eigenvalue weighted by Crippen LogP contribution is -2.27. The Morgan fingerprint density at radius 3 is 2.29 bits per heavy atom. The van der Waals surface area contributed by atoms with Crippen LogP contribution in [0.25, 0.3) is 11.0 Å². The second-order valence-corrected chi connectivity index (χ2v) is 7.05. The average molecular weight is 330 g/mol. The summed E-state index contributed by atoms with van der Waals surface area (Å²) in [7, 11) is 0. The molecule has 1 aromatic carbocycles. The molecule has 130 valence electrons. The van der Waals surface area contributed by atoms with Gasteiger partial charge in [-0.1, -0.05) is 32.3 Å². The van der Waals surface area contributed by atoms with E-state index in [0.29, 0.717) is 13.1 Å². The topological polar surface area (TPSA) is 52.0 Å². The quantitative estimate of drug-likeness (QED) is 0.525. The van der Waals surface area contributed by atoms with Gasteiger partial charge in [0.05, 0.1) is 49.5 Å². The van der Waals surface area contributed by atoms with Crippen molar-refractivity contribution in [3.63, 3.8) is 0 Å². The van der Waals surface area contributed by atoms with Gasteiger partial charge in [0.1, 0.15) is 0 Å². The molecule has 3 heterocycles. The van der Waals surface area contributed by atoms with E-state index in [1.54, 1.807) is 0 Å². The van der Waals surface area contributed by atoms with Crippen LogP contribution in [-0.4, -0.2) is 34.6 Å². The largest absolute Gasteiger partial charge is 0.371 e. The van der Waals surface area contributed by atoms with Crippen molar-refractivity contribution < 1.29 is 9.47 Å². The Morgan fingerprint density at radius 2 is 1.67 bits per heavy atom. The van der Waals surface area contributed by atoms with Crippen LogP contribution in [0.15, 0.2) is 23.0 Å². The van der Waals surface area contributed by atoms with E-state index in [2.05, 4.69) is 25.1 Å². The molecular weight excluding hydrogens is 304 g/mol. The van der Waals surface area contributed by atoms with Crippen LogP contribution in [0.5, 0.6) is 0 Å². The molecule has 2 saturated heterocycles. The van der Waals surface area contributed by atoms with E-state index in [-0.39, 0.29) is 17.9 Å². The van der Waals surface area contributed by atoms with E-state index in [1.165, 1.54) is 31.2 Å². The molecule has 5 heteroatoms. The summed E-state index contributed by atoms with van der Waals surface area (Å²) in [4.78, 5) is 12.8. The monoisotopic (exact) mass is 330 g/mol. The standard InChI is InChI=1S/C19H26N2O3/c1-2-3-4-5-6-14-7-8-17-18(9-14)21(11-16-13-24-16)19(22)20(17)10-15-12-23-15/h7-9,15-16H,2-6,10-13H2,1H3. The van der Waals surface area contributed by atoms with Gasteiger partial charge in [0.2, 0.25) is 0 Å². The zero-order valence-corrected chi connectivity index (χ0v) is 14.4. The first-order valence-electron chi connectivity index (χ1n) is 9.21. The zero-order valence-electron chi connectivity index (χ0n) is 14.4. The van der Waals surface area contributed by atoms with E-state index in [0.717, 1.165) is 30.7 Å². The third kappa shape index (κ3) is 3.42. The van der Waals surface area contributed by atoms with Crippen LogP contribution < -0.4 is 5.69 Å². The van der Waals surface area contributed by atoms with Crippen molar-refractivity contribution in [1.82, 2.24) is 9.13 Å². The van der Waals surface area contributed by atoms with Crippen molar-refractivity contribution in [1.29, 1.82) is 0 Å². The number of epoxide rings is 2. The fraction of sp³-hybridized carbons (Fsp3) is 0.632. The predicted molar refractivity (Wildman–Crippen MR) is 93.5 cm³/mol. The molecule has 4 rings (SSSR count). The molecule has 0 amide bonds. The number of unbranched alkanes of at least 4 members (excludes halogenated alkanes) is 3. The number of hydrogen-bond acceptors (Lipinski definition) is 3. The lowest BCUT2D eigenvalue weighted by atomic mass is 10.1. The number of ether oxygens (including phenoxy) is 2. The summed E-state index contributed by atoms with van der Waals surface area (Å²) >= 11 is 0. The van der Waals surface area contributed by atoms with Crippen molar-refractivity contribution in [3.8, 4) is 0 Å². The van der Waals surface area contributed by atoms with Gasteiger partial charge >= 0.3 is 5.69 Å². The van der Waals surface area contributed by atoms with Crippen molar-refractivity contribution in [3.05, 3.63) is 34.2 Å². The van der Waals surface area contributed by atoms with E-state index in [9.17, 15) is 4.79 Å². The summed E-state index contributed by atoms with van der Waals surface area (Å²) in [5, 5.41) is 0. The number of aromatic nitrogens is 2. The van der Waals surface area contributed by atoms with Gasteiger partial charge in [-0.2, -0.15) is 0 Å². The molecule has 0 saturated carbocycles. The molecule has 5 nitrogen and oxygen atoms in total. The Balaban J connectivity index is 1.63. The molecule has 0 aliphatic carbocycles. The van der Waals surface area contributed by atoms with Gasteiger partial charge in [0.25, 0.3) is 0 Å². The number of rotatable bonds is 9. The molecule has 0 spiro atoms. The highest BCUT2D eigenvalue weighted by atomic mass is 16.6. The Kier molecular flexibility index (Phi) is 4.46. The van der Waals surface area contributed by atoms with Crippen molar-refractivity contribution in [2.45, 2.75) is 64.3 Å². The first kappa shape index (κ1) is 15.9. The molecular formula is C19H26N2O3. The van der Waals surface area contributed by atoms with Gasteiger partial charge < -0.3 is 9.47 Å². The van der Waals surface area contributed by atoms with E-state index >= 15 is 0 Å². The summed E-state index contributed by atoms with van der Waals surface area (Å²) < 4.78 is 14.4. The molecule has 2 fully saturated rings. The van der Waals surface area contributed by atoms with Crippen molar-refractivity contribution in [2.75, 3.05) is 13.2 Å². The van der Waals surface area contributed by atoms with Gasteiger partial charge in [0.15, 0.2) is 0 Å². The summed E-state index contributed by atoms with van der Waals surface area (Å²) in [6, 6.07) is 6.49. The minimum Gasteiger partial charge on any atom is -0.371 e. The van der Waals surface area contributed by atoms with Gasteiger partial charge in [-0.3, -0.25) is 9.13 Å². The van der Waals surface area contributed by atoms with E-state index in [4.69, 9.17) is 9.47 Å². The number of nitrogens with zero attached hydrogens (tertiary/aromatic N) is 2. The SMILES string of the molecule is CCCCCCc1ccc2c(c1)n(CC1CO1)c(=O)n2CC1CO1. The number of benzene rings is 1. The third-order valence-corrected chi connectivity index (χ3v) is 4.98. The molecule has 24 heavy (non-hydrogen) atoms. The third-order valence-electron chi connectivity index (χ3n) is 4.98. The van der Waals surface area contributed by atoms with Crippen LogP contribution in [0.4, 0.5) is 0 Å². The molecule has 0 radical (unpaired) electrons. The van der Waals surface area contributed by atoms with Crippen LogP contribution in [0.2, 0.25) is 0 Å². The Morgan fingerprint density at radius 1 is 1.00 bits per heavy atom. The Hall–Kier alpha value is -1.59.